The number of nitriles is 1. The van der Waals surface area contributed by atoms with Gasteiger partial charge in [-0.05, 0) is 24.5 Å². The highest BCUT2D eigenvalue weighted by Gasteiger charge is 2.17. The minimum absolute atomic E-state index is 0.0869. The Labute approximate surface area is 219 Å². The maximum absolute atomic E-state index is 10.6. The van der Waals surface area contributed by atoms with Crippen LogP contribution in [0.2, 0.25) is 10.0 Å². The van der Waals surface area contributed by atoms with E-state index in [1.165, 1.54) is 26.7 Å². The second-order valence-electron chi connectivity index (χ2n) is 6.60. The van der Waals surface area contributed by atoms with Crippen molar-refractivity contribution in [3.8, 4) is 17.6 Å². The molecular formula is C25H23Cl2N3O4S. The van der Waals surface area contributed by atoms with Gasteiger partial charge in [-0.1, -0.05) is 35.9 Å². The van der Waals surface area contributed by atoms with E-state index >= 15 is 0 Å². The standard InChI is InChI=1S/C24H19Cl2N3O4.CH4S/c1-4-14(13-33-6-5-30)16-7-20-17(8-22(16)31-2)24(15(11-27)12-28-20)29-21-10-23(32-3)19(26)9-18(21)25;1-2/h4-5,7-10,12-13H,1,6H2,2-3H3,(H,28,29);2H,1H3/b14-13+;. The summed E-state index contributed by atoms with van der Waals surface area (Å²) >= 11 is 16.0. The smallest absolute Gasteiger partial charge is 0.157 e. The topological polar surface area (TPSA) is 93.5 Å². The van der Waals surface area contributed by atoms with Gasteiger partial charge in [0.2, 0.25) is 0 Å². The summed E-state index contributed by atoms with van der Waals surface area (Å²) in [5.41, 5.74) is 3.12. The van der Waals surface area contributed by atoms with E-state index in [9.17, 15) is 10.1 Å². The van der Waals surface area contributed by atoms with E-state index < -0.39 is 0 Å². The third-order valence-electron chi connectivity index (χ3n) is 4.72. The highest BCUT2D eigenvalue weighted by Crippen LogP contribution is 2.40. The predicted octanol–water partition coefficient (Wildman–Crippen LogP) is 6.46. The third kappa shape index (κ3) is 6.40. The van der Waals surface area contributed by atoms with Crippen LogP contribution in [0.4, 0.5) is 11.4 Å². The van der Waals surface area contributed by atoms with Crippen molar-refractivity contribution >= 4 is 70.0 Å². The van der Waals surface area contributed by atoms with Crippen molar-refractivity contribution in [3.63, 3.8) is 0 Å². The Morgan fingerprint density at radius 3 is 2.49 bits per heavy atom. The van der Waals surface area contributed by atoms with Crippen LogP contribution in [0.1, 0.15) is 11.1 Å². The number of methoxy groups -OCH3 is 2. The van der Waals surface area contributed by atoms with Crippen molar-refractivity contribution in [1.29, 1.82) is 5.26 Å². The quantitative estimate of drug-likeness (QED) is 0.107. The molecular weight excluding hydrogens is 509 g/mol. The number of hydrogen-bond donors (Lipinski definition) is 2. The van der Waals surface area contributed by atoms with Crippen molar-refractivity contribution in [2.45, 2.75) is 0 Å². The molecule has 10 heteroatoms. The van der Waals surface area contributed by atoms with Gasteiger partial charge in [0.15, 0.2) is 6.29 Å². The summed E-state index contributed by atoms with van der Waals surface area (Å²) in [6, 6.07) is 8.87. The molecule has 0 spiro atoms. The lowest BCUT2D eigenvalue weighted by molar-refractivity contribution is -0.110. The molecule has 0 aliphatic rings. The number of aromatic nitrogens is 1. The number of nitrogens with one attached hydrogen (secondary N) is 1. The van der Waals surface area contributed by atoms with E-state index in [2.05, 4.69) is 35.6 Å². The SMILES string of the molecule is C=C/C(=C\OCC=O)c1cc2ncc(C#N)c(Nc3cc(OC)c(Cl)cc3Cl)c2cc1OC.CS. The zero-order chi connectivity index (χ0) is 26.0. The van der Waals surface area contributed by atoms with Crippen LogP contribution in [0.25, 0.3) is 16.5 Å². The lowest BCUT2D eigenvalue weighted by atomic mass is 10.0. The second kappa shape index (κ2) is 13.5. The first-order valence-corrected chi connectivity index (χ1v) is 11.7. The molecule has 0 unspecified atom stereocenters. The molecule has 0 bridgehead atoms. The van der Waals surface area contributed by atoms with Crippen molar-refractivity contribution in [2.24, 2.45) is 0 Å². The minimum atomic E-state index is -0.0869. The van der Waals surface area contributed by atoms with E-state index in [-0.39, 0.29) is 6.61 Å². The van der Waals surface area contributed by atoms with Crippen LogP contribution in [-0.4, -0.2) is 38.4 Å². The highest BCUT2D eigenvalue weighted by atomic mass is 35.5. The van der Waals surface area contributed by atoms with E-state index in [4.69, 9.17) is 37.4 Å². The van der Waals surface area contributed by atoms with Crippen LogP contribution in [-0.2, 0) is 9.53 Å². The zero-order valence-corrected chi connectivity index (χ0v) is 21.7. The minimum Gasteiger partial charge on any atom is -0.496 e. The van der Waals surface area contributed by atoms with Gasteiger partial charge in [-0.25, -0.2) is 0 Å². The number of hydrogen-bond acceptors (Lipinski definition) is 8. The fourth-order valence-corrected chi connectivity index (χ4v) is 3.66. The largest absolute Gasteiger partial charge is 0.496 e. The molecule has 0 saturated carbocycles. The normalized spacial score (nSPS) is 10.5. The Bertz CT molecular complexity index is 1310. The Morgan fingerprint density at radius 1 is 1.17 bits per heavy atom. The number of rotatable bonds is 9. The van der Waals surface area contributed by atoms with Crippen LogP contribution in [0, 0.1) is 11.3 Å². The molecule has 7 nitrogen and oxygen atoms in total. The molecule has 2 aromatic carbocycles. The number of anilines is 2. The summed E-state index contributed by atoms with van der Waals surface area (Å²) in [6.45, 7) is 3.71. The molecule has 1 heterocycles. The fourth-order valence-electron chi connectivity index (χ4n) is 3.15. The molecule has 3 rings (SSSR count). The second-order valence-corrected chi connectivity index (χ2v) is 7.41. The number of fused-ring (bicyclic) bond motifs is 1. The number of nitrogens with zero attached hydrogens (tertiary/aromatic N) is 2. The number of thiol groups is 1. The molecule has 182 valence electrons. The number of carbonyl (C=O) groups is 1. The summed E-state index contributed by atoms with van der Waals surface area (Å²) in [6.07, 6.45) is 6.81. The summed E-state index contributed by atoms with van der Waals surface area (Å²) in [5.74, 6) is 0.916. The van der Waals surface area contributed by atoms with Gasteiger partial charge in [-0.15, -0.1) is 0 Å². The first-order chi connectivity index (χ1) is 17.0. The molecule has 0 radical (unpaired) electrons. The summed E-state index contributed by atoms with van der Waals surface area (Å²) in [4.78, 5) is 15.0. The molecule has 0 amide bonds. The molecule has 1 N–H and O–H groups in total. The average molecular weight is 532 g/mol. The number of aldehydes is 1. The average Bonchev–Trinajstić information content (AvgIpc) is 2.88. The molecule has 0 fully saturated rings. The van der Waals surface area contributed by atoms with Crippen molar-refractivity contribution < 1.29 is 19.0 Å². The molecule has 0 aliphatic carbocycles. The number of benzene rings is 2. The van der Waals surface area contributed by atoms with Gasteiger partial charge in [0.1, 0.15) is 24.2 Å². The van der Waals surface area contributed by atoms with Crippen LogP contribution >= 0.6 is 35.8 Å². The Kier molecular flexibility index (Phi) is 10.7. The first kappa shape index (κ1) is 27.9. The summed E-state index contributed by atoms with van der Waals surface area (Å²) in [7, 11) is 3.02. The van der Waals surface area contributed by atoms with Crippen molar-refractivity contribution in [1.82, 2.24) is 4.98 Å². The molecule has 0 aliphatic heterocycles. The van der Waals surface area contributed by atoms with Gasteiger partial charge in [0.25, 0.3) is 0 Å². The van der Waals surface area contributed by atoms with Crippen LogP contribution in [0.3, 0.4) is 0 Å². The molecule has 3 aromatic rings. The lowest BCUT2D eigenvalue weighted by Crippen LogP contribution is -2.00. The van der Waals surface area contributed by atoms with E-state index in [0.717, 1.165) is 0 Å². The van der Waals surface area contributed by atoms with Gasteiger partial charge in [-0.3, -0.25) is 9.78 Å². The summed E-state index contributed by atoms with van der Waals surface area (Å²) in [5, 5.41) is 14.2. The number of halogens is 2. The Hall–Kier alpha value is -3.38. The molecule has 0 saturated heterocycles. The predicted molar refractivity (Wildman–Crippen MR) is 144 cm³/mol. The van der Waals surface area contributed by atoms with Gasteiger partial charge in [0, 0.05) is 28.8 Å². The van der Waals surface area contributed by atoms with Gasteiger partial charge in [-0.2, -0.15) is 17.9 Å². The third-order valence-corrected chi connectivity index (χ3v) is 5.32. The fraction of sp³-hybridized carbons (Fsp3) is 0.160. The van der Waals surface area contributed by atoms with Crippen molar-refractivity contribution in [2.75, 3.05) is 32.4 Å². The number of carbonyl (C=O) groups excluding carboxylic acids is 1. The van der Waals surface area contributed by atoms with Crippen LogP contribution in [0.15, 0.2) is 49.4 Å². The van der Waals surface area contributed by atoms with Crippen LogP contribution in [0.5, 0.6) is 11.5 Å². The Morgan fingerprint density at radius 2 is 1.89 bits per heavy atom. The maximum Gasteiger partial charge on any atom is 0.157 e. The number of ether oxygens (including phenoxy) is 3. The van der Waals surface area contributed by atoms with Gasteiger partial charge in [0.05, 0.1) is 53.0 Å². The maximum atomic E-state index is 10.6. The van der Waals surface area contributed by atoms with E-state index in [0.29, 0.717) is 66.8 Å². The molecule has 0 atom stereocenters. The number of allylic oxidation sites excluding steroid dienone is 2. The van der Waals surface area contributed by atoms with Gasteiger partial charge >= 0.3 is 0 Å². The highest BCUT2D eigenvalue weighted by molar-refractivity contribution is 7.79. The van der Waals surface area contributed by atoms with E-state index in [1.807, 2.05) is 0 Å². The summed E-state index contributed by atoms with van der Waals surface area (Å²) < 4.78 is 16.1. The van der Waals surface area contributed by atoms with Crippen LogP contribution < -0.4 is 14.8 Å². The molecule has 35 heavy (non-hydrogen) atoms. The van der Waals surface area contributed by atoms with Crippen molar-refractivity contribution in [3.05, 3.63) is 70.6 Å². The monoisotopic (exact) mass is 531 g/mol. The van der Waals surface area contributed by atoms with Gasteiger partial charge < -0.3 is 19.5 Å². The van der Waals surface area contributed by atoms with E-state index in [1.54, 1.807) is 36.6 Å². The molecule has 1 aromatic heterocycles. The Balaban J connectivity index is 0.00000210. The lowest BCUT2D eigenvalue weighted by Gasteiger charge is -2.16. The zero-order valence-electron chi connectivity index (χ0n) is 19.3. The number of pyridine rings is 1. The first-order valence-electron chi connectivity index (χ1n) is 10.0.